The van der Waals surface area contributed by atoms with Crippen LogP contribution >= 0.6 is 23.8 Å². The molecule has 2 aliphatic heterocycles. The normalized spacial score (nSPS) is 20.6. The maximum Gasteiger partial charge on any atom is 0.204 e. The average Bonchev–Trinajstić information content (AvgIpc) is 2.79. The van der Waals surface area contributed by atoms with E-state index in [0.29, 0.717) is 0 Å². The number of hydrogen-bond acceptors (Lipinski definition) is 4. The summed E-state index contributed by atoms with van der Waals surface area (Å²) in [5.41, 5.74) is 2.23. The lowest BCUT2D eigenvalue weighted by atomic mass is 10.0. The predicted octanol–water partition coefficient (Wildman–Crippen LogP) is 7.11. The van der Waals surface area contributed by atoms with Crippen LogP contribution in [0.1, 0.15) is 0 Å². The highest BCUT2D eigenvalue weighted by atomic mass is 33.2. The fraction of sp³-hybridized carbons (Fsp3) is 0. The predicted molar refractivity (Wildman–Crippen MR) is 133 cm³/mol. The van der Waals surface area contributed by atoms with Crippen LogP contribution in [-0.4, -0.2) is 0 Å². The van der Waals surface area contributed by atoms with E-state index in [1.165, 1.54) is 16.4 Å². The van der Waals surface area contributed by atoms with Crippen LogP contribution in [0.2, 0.25) is 0 Å². The van der Waals surface area contributed by atoms with Gasteiger partial charge in [-0.25, -0.2) is 0 Å². The fourth-order valence-electron chi connectivity index (χ4n) is 3.87. The Balaban J connectivity index is 1.47. The average molecular weight is 462 g/mol. The van der Waals surface area contributed by atoms with Crippen molar-refractivity contribution in [2.24, 2.45) is 0 Å². The van der Waals surface area contributed by atoms with Crippen molar-refractivity contribution in [3.8, 4) is 33.8 Å². The standard InChI is InChI=1S/C24H16O2P2S2/c29-28(24-16-8-4-12-20(24)18-10-2-6-14-22(18)26-28)30-27-23-15-7-3-11-19(23)17-9-1-5-13-21(17)25-27/h1-16H. The first kappa shape index (κ1) is 18.7. The van der Waals surface area contributed by atoms with Gasteiger partial charge in [-0.1, -0.05) is 72.8 Å². The van der Waals surface area contributed by atoms with E-state index >= 15 is 0 Å². The Morgan fingerprint density at radius 2 is 1.20 bits per heavy atom. The van der Waals surface area contributed by atoms with Gasteiger partial charge in [-0.3, -0.25) is 0 Å². The molecule has 0 aromatic heterocycles. The Morgan fingerprint density at radius 3 is 2.00 bits per heavy atom. The van der Waals surface area contributed by atoms with Crippen LogP contribution in [-0.2, 0) is 11.8 Å². The highest BCUT2D eigenvalue weighted by molar-refractivity contribution is 8.94. The summed E-state index contributed by atoms with van der Waals surface area (Å²) < 4.78 is 13.1. The maximum atomic E-state index is 6.58. The third-order valence-corrected chi connectivity index (χ3v) is 16.8. The second kappa shape index (κ2) is 7.25. The Hall–Kier alpha value is -2.09. The molecule has 2 heterocycles. The van der Waals surface area contributed by atoms with Gasteiger partial charge in [0.15, 0.2) is 7.35 Å². The summed E-state index contributed by atoms with van der Waals surface area (Å²) >= 11 is 7.98. The highest BCUT2D eigenvalue weighted by Gasteiger charge is 2.39. The molecule has 0 aliphatic carbocycles. The zero-order valence-corrected chi connectivity index (χ0v) is 19.2. The molecule has 2 nitrogen and oxygen atoms in total. The van der Waals surface area contributed by atoms with Crippen LogP contribution in [0.3, 0.4) is 0 Å². The third-order valence-electron chi connectivity index (χ3n) is 5.24. The molecule has 4 aromatic carbocycles. The van der Waals surface area contributed by atoms with Crippen molar-refractivity contribution in [1.82, 2.24) is 0 Å². The summed E-state index contributed by atoms with van der Waals surface area (Å²) in [6.45, 7) is 0. The van der Waals surface area contributed by atoms with Crippen LogP contribution < -0.4 is 19.7 Å². The second-order valence-corrected chi connectivity index (χ2v) is 16.8. The molecule has 6 heteroatoms. The zero-order chi connectivity index (χ0) is 20.1. The van der Waals surface area contributed by atoms with Crippen LogP contribution in [0.4, 0.5) is 0 Å². The molecule has 2 atom stereocenters. The van der Waals surface area contributed by atoms with E-state index in [1.54, 1.807) is 11.0 Å². The van der Waals surface area contributed by atoms with E-state index in [9.17, 15) is 0 Å². The molecule has 2 unspecified atom stereocenters. The first-order chi connectivity index (χ1) is 14.7. The van der Waals surface area contributed by atoms with Gasteiger partial charge in [0.25, 0.3) is 0 Å². The van der Waals surface area contributed by atoms with Crippen molar-refractivity contribution < 1.29 is 9.05 Å². The van der Waals surface area contributed by atoms with E-state index in [-0.39, 0.29) is 0 Å². The van der Waals surface area contributed by atoms with Gasteiger partial charge in [0.05, 0.1) is 0 Å². The van der Waals surface area contributed by atoms with E-state index in [4.69, 9.17) is 20.9 Å². The molecular formula is C24H16O2P2S2. The van der Waals surface area contributed by atoms with Crippen molar-refractivity contribution >= 4 is 46.2 Å². The molecule has 0 saturated heterocycles. The molecule has 30 heavy (non-hydrogen) atoms. The Kier molecular flexibility index (Phi) is 4.51. The van der Waals surface area contributed by atoms with Crippen LogP contribution in [0.15, 0.2) is 97.1 Å². The number of hydrogen-bond donors (Lipinski definition) is 0. The van der Waals surface area contributed by atoms with Gasteiger partial charge in [0.1, 0.15) is 11.5 Å². The molecule has 4 aromatic rings. The van der Waals surface area contributed by atoms with Crippen molar-refractivity contribution in [3.05, 3.63) is 97.1 Å². The molecule has 0 bridgehead atoms. The number of para-hydroxylation sites is 2. The summed E-state index contributed by atoms with van der Waals surface area (Å²) in [5.74, 6) is 1.79. The minimum atomic E-state index is -2.42. The topological polar surface area (TPSA) is 18.5 Å². The minimum absolute atomic E-state index is 0.868. The van der Waals surface area contributed by atoms with Crippen LogP contribution in [0.25, 0.3) is 22.3 Å². The van der Waals surface area contributed by atoms with Gasteiger partial charge < -0.3 is 9.05 Å². The Morgan fingerprint density at radius 1 is 0.633 bits per heavy atom. The lowest BCUT2D eigenvalue weighted by Crippen LogP contribution is -2.17. The quantitative estimate of drug-likeness (QED) is 0.295. The smallest absolute Gasteiger partial charge is 0.204 e. The summed E-state index contributed by atoms with van der Waals surface area (Å²) in [6.07, 6.45) is 0. The van der Waals surface area contributed by atoms with Crippen LogP contribution in [0, 0.1) is 0 Å². The summed E-state index contributed by atoms with van der Waals surface area (Å²) in [7, 11) is -1.02. The van der Waals surface area contributed by atoms with Crippen molar-refractivity contribution in [2.75, 3.05) is 0 Å². The number of rotatable bonds is 2. The first-order valence-corrected chi connectivity index (χ1v) is 15.6. The lowest BCUT2D eigenvalue weighted by molar-refractivity contribution is 0.630. The van der Waals surface area contributed by atoms with Crippen molar-refractivity contribution in [2.45, 2.75) is 0 Å². The Bertz CT molecular complexity index is 1340. The van der Waals surface area contributed by atoms with E-state index in [1.807, 2.05) is 30.3 Å². The summed E-state index contributed by atoms with van der Waals surface area (Å²) in [5, 5.41) is 2.33. The van der Waals surface area contributed by atoms with Gasteiger partial charge in [0, 0.05) is 21.7 Å². The SMILES string of the molecule is S=P1(SP2Oc3ccccc3-c3ccccc32)Oc2ccccc2-c2ccccc21. The maximum absolute atomic E-state index is 6.58. The number of benzene rings is 4. The van der Waals surface area contributed by atoms with E-state index in [2.05, 4.69) is 66.7 Å². The monoisotopic (exact) mass is 462 g/mol. The van der Waals surface area contributed by atoms with Gasteiger partial charge in [-0.2, -0.15) is 0 Å². The molecular weight excluding hydrogens is 446 g/mol. The molecule has 0 saturated carbocycles. The molecule has 0 fully saturated rings. The largest absolute Gasteiger partial charge is 0.457 e. The van der Waals surface area contributed by atoms with Gasteiger partial charge in [0.2, 0.25) is 5.47 Å². The minimum Gasteiger partial charge on any atom is -0.457 e. The second-order valence-electron chi connectivity index (χ2n) is 7.05. The van der Waals surface area contributed by atoms with Crippen molar-refractivity contribution in [1.29, 1.82) is 0 Å². The molecule has 0 spiro atoms. The zero-order valence-electron chi connectivity index (χ0n) is 15.8. The van der Waals surface area contributed by atoms with Crippen molar-refractivity contribution in [3.63, 3.8) is 0 Å². The van der Waals surface area contributed by atoms with E-state index < -0.39 is 12.8 Å². The highest BCUT2D eigenvalue weighted by Crippen LogP contribution is 2.75. The molecule has 0 N–H and O–H groups in total. The van der Waals surface area contributed by atoms with Crippen LogP contribution in [0.5, 0.6) is 11.5 Å². The summed E-state index contributed by atoms with van der Waals surface area (Å²) in [6, 6.07) is 33.3. The molecule has 0 amide bonds. The fourth-order valence-corrected chi connectivity index (χ4v) is 15.7. The Labute approximate surface area is 185 Å². The lowest BCUT2D eigenvalue weighted by Gasteiger charge is -2.34. The van der Waals surface area contributed by atoms with Gasteiger partial charge >= 0.3 is 0 Å². The van der Waals surface area contributed by atoms with Gasteiger partial charge in [-0.05, 0) is 58.2 Å². The van der Waals surface area contributed by atoms with E-state index in [0.717, 1.165) is 27.9 Å². The molecule has 6 rings (SSSR count). The number of fused-ring (bicyclic) bond motifs is 6. The molecule has 2 aliphatic rings. The molecule has 0 radical (unpaired) electrons. The molecule has 146 valence electrons. The first-order valence-electron chi connectivity index (χ1n) is 9.58. The third kappa shape index (κ3) is 2.94. The summed E-state index contributed by atoms with van der Waals surface area (Å²) in [4.78, 5) is 0. The van der Waals surface area contributed by atoms with Gasteiger partial charge in [-0.15, -0.1) is 0 Å².